The number of nitrogens with zero attached hydrogens (tertiary/aromatic N) is 1. The van der Waals surface area contributed by atoms with E-state index in [4.69, 9.17) is 0 Å². The van der Waals surface area contributed by atoms with Crippen LogP contribution in [0.2, 0.25) is 0 Å². The summed E-state index contributed by atoms with van der Waals surface area (Å²) in [5, 5.41) is 0. The Bertz CT molecular complexity index is 816. The number of allylic oxidation sites excluding steroid dienone is 6. The lowest BCUT2D eigenvalue weighted by molar-refractivity contribution is 1.04. The molecule has 0 aliphatic heterocycles. The van der Waals surface area contributed by atoms with E-state index in [1.807, 2.05) is 12.3 Å². The Hall–Kier alpha value is -2.41. The average Bonchev–Trinajstić information content (AvgIpc) is 2.79. The lowest BCUT2D eigenvalue weighted by atomic mass is 9.90. The summed E-state index contributed by atoms with van der Waals surface area (Å²) in [5.41, 5.74) is 9.46. The molecule has 0 amide bonds. The SMILES string of the molecule is CC=C(C)CC.CCc1cc(CC)cc(C2=CCCC(c3ccccn3)=C2)c1. The highest BCUT2D eigenvalue weighted by atomic mass is 14.7. The maximum Gasteiger partial charge on any atom is 0.0661 e. The molecule has 3 rings (SSSR count). The van der Waals surface area contributed by atoms with E-state index in [9.17, 15) is 0 Å². The summed E-state index contributed by atoms with van der Waals surface area (Å²) < 4.78 is 0. The van der Waals surface area contributed by atoms with Crippen molar-refractivity contribution in [3.05, 3.63) is 88.8 Å². The Labute approximate surface area is 171 Å². The standard InChI is InChI=1S/C21H23N.C6H12/c1-3-16-12-17(4-2)14-20(13-16)18-8-7-9-19(15-18)21-10-5-6-11-22-21;1-4-6(3)5-2/h5-6,8,10-15H,3-4,7,9H2,1-2H3;4H,5H2,1-3H3. The van der Waals surface area contributed by atoms with Crippen molar-refractivity contribution in [2.24, 2.45) is 0 Å². The maximum absolute atomic E-state index is 4.50. The molecular weight excluding hydrogens is 338 g/mol. The van der Waals surface area contributed by atoms with Crippen LogP contribution >= 0.6 is 0 Å². The first-order chi connectivity index (χ1) is 13.6. The number of hydrogen-bond donors (Lipinski definition) is 0. The fraction of sp³-hybridized carbons (Fsp3) is 0.370. The monoisotopic (exact) mass is 373 g/mol. The fourth-order valence-corrected chi connectivity index (χ4v) is 3.20. The van der Waals surface area contributed by atoms with E-state index in [-0.39, 0.29) is 0 Å². The van der Waals surface area contributed by atoms with E-state index in [0.717, 1.165) is 31.4 Å². The van der Waals surface area contributed by atoms with Gasteiger partial charge in [-0.3, -0.25) is 4.98 Å². The molecule has 0 radical (unpaired) electrons. The first-order valence-corrected chi connectivity index (χ1v) is 10.7. The van der Waals surface area contributed by atoms with Gasteiger partial charge in [0.2, 0.25) is 0 Å². The minimum atomic E-state index is 1.08. The first-order valence-electron chi connectivity index (χ1n) is 10.7. The van der Waals surface area contributed by atoms with Crippen LogP contribution in [0.3, 0.4) is 0 Å². The van der Waals surface area contributed by atoms with Crippen molar-refractivity contribution in [2.45, 2.75) is 66.7 Å². The number of benzene rings is 1. The van der Waals surface area contributed by atoms with E-state index < -0.39 is 0 Å². The summed E-state index contributed by atoms with van der Waals surface area (Å²) in [6, 6.07) is 13.1. The van der Waals surface area contributed by atoms with Gasteiger partial charge in [-0.05, 0) is 92.0 Å². The molecule has 1 nitrogen and oxygen atoms in total. The van der Waals surface area contributed by atoms with Crippen molar-refractivity contribution in [1.82, 2.24) is 4.98 Å². The molecule has 0 saturated carbocycles. The lowest BCUT2D eigenvalue weighted by Gasteiger charge is -2.15. The zero-order valence-electron chi connectivity index (χ0n) is 18.3. The van der Waals surface area contributed by atoms with Crippen LogP contribution in [0, 0.1) is 0 Å². The molecule has 1 heterocycles. The summed E-state index contributed by atoms with van der Waals surface area (Å²) in [4.78, 5) is 4.50. The lowest BCUT2D eigenvalue weighted by Crippen LogP contribution is -1.97. The van der Waals surface area contributed by atoms with Gasteiger partial charge in [0, 0.05) is 6.20 Å². The summed E-state index contributed by atoms with van der Waals surface area (Å²) in [5.74, 6) is 0. The van der Waals surface area contributed by atoms with Gasteiger partial charge in [0.25, 0.3) is 0 Å². The van der Waals surface area contributed by atoms with Gasteiger partial charge < -0.3 is 0 Å². The molecular formula is C27H35N. The largest absolute Gasteiger partial charge is 0.257 e. The second kappa shape index (κ2) is 11.4. The van der Waals surface area contributed by atoms with Crippen LogP contribution < -0.4 is 0 Å². The smallest absolute Gasteiger partial charge is 0.0661 e. The van der Waals surface area contributed by atoms with Gasteiger partial charge >= 0.3 is 0 Å². The number of pyridine rings is 1. The van der Waals surface area contributed by atoms with E-state index >= 15 is 0 Å². The highest BCUT2D eigenvalue weighted by Gasteiger charge is 2.11. The van der Waals surface area contributed by atoms with Crippen molar-refractivity contribution in [3.8, 4) is 0 Å². The number of aromatic nitrogens is 1. The number of hydrogen-bond acceptors (Lipinski definition) is 1. The number of rotatable bonds is 5. The third-order valence-corrected chi connectivity index (χ3v) is 5.35. The summed E-state index contributed by atoms with van der Waals surface area (Å²) in [7, 11) is 0. The Kier molecular flexibility index (Phi) is 8.94. The molecule has 1 aromatic heterocycles. The molecule has 1 aromatic carbocycles. The normalized spacial score (nSPS) is 14.0. The van der Waals surface area contributed by atoms with E-state index in [1.54, 1.807) is 0 Å². The second-order valence-corrected chi connectivity index (χ2v) is 7.32. The quantitative estimate of drug-likeness (QED) is 0.487. The Balaban J connectivity index is 0.000000409. The van der Waals surface area contributed by atoms with Crippen LogP contribution in [0.5, 0.6) is 0 Å². The Morgan fingerprint density at radius 3 is 2.25 bits per heavy atom. The van der Waals surface area contributed by atoms with Gasteiger partial charge in [-0.25, -0.2) is 0 Å². The van der Waals surface area contributed by atoms with Gasteiger partial charge in [-0.15, -0.1) is 0 Å². The predicted molar refractivity (Wildman–Crippen MR) is 124 cm³/mol. The zero-order chi connectivity index (χ0) is 20.4. The first kappa shape index (κ1) is 21.9. The van der Waals surface area contributed by atoms with Crippen molar-refractivity contribution < 1.29 is 0 Å². The third kappa shape index (κ3) is 6.34. The summed E-state index contributed by atoms with van der Waals surface area (Å²) in [6.07, 6.45) is 14.2. The second-order valence-electron chi connectivity index (χ2n) is 7.32. The molecule has 1 aliphatic carbocycles. The van der Waals surface area contributed by atoms with Crippen LogP contribution in [0.4, 0.5) is 0 Å². The van der Waals surface area contributed by atoms with E-state index in [0.29, 0.717) is 0 Å². The average molecular weight is 374 g/mol. The van der Waals surface area contributed by atoms with Crippen LogP contribution in [0.15, 0.2) is 66.4 Å². The molecule has 0 N–H and O–H groups in total. The van der Waals surface area contributed by atoms with Gasteiger partial charge in [0.15, 0.2) is 0 Å². The summed E-state index contributed by atoms with van der Waals surface area (Å²) >= 11 is 0. The minimum absolute atomic E-state index is 1.08. The van der Waals surface area contributed by atoms with Crippen molar-refractivity contribution in [2.75, 3.05) is 0 Å². The molecule has 0 atom stereocenters. The minimum Gasteiger partial charge on any atom is -0.257 e. The molecule has 148 valence electrons. The highest BCUT2D eigenvalue weighted by Crippen LogP contribution is 2.31. The van der Waals surface area contributed by atoms with E-state index in [1.165, 1.54) is 39.8 Å². The molecule has 0 bridgehead atoms. The predicted octanol–water partition coefficient (Wildman–Crippen LogP) is 7.83. The molecule has 0 saturated heterocycles. The van der Waals surface area contributed by atoms with Gasteiger partial charge in [-0.1, -0.05) is 62.8 Å². The van der Waals surface area contributed by atoms with Crippen LogP contribution in [0.25, 0.3) is 11.1 Å². The van der Waals surface area contributed by atoms with Crippen molar-refractivity contribution in [1.29, 1.82) is 0 Å². The third-order valence-electron chi connectivity index (χ3n) is 5.35. The van der Waals surface area contributed by atoms with Gasteiger partial charge in [-0.2, -0.15) is 0 Å². The van der Waals surface area contributed by atoms with Gasteiger partial charge in [0.1, 0.15) is 0 Å². The van der Waals surface area contributed by atoms with Crippen molar-refractivity contribution in [3.63, 3.8) is 0 Å². The van der Waals surface area contributed by atoms with Crippen LogP contribution in [-0.4, -0.2) is 4.98 Å². The summed E-state index contributed by atoms with van der Waals surface area (Å²) in [6.45, 7) is 10.8. The molecule has 0 fully saturated rings. The molecule has 0 spiro atoms. The Morgan fingerprint density at radius 1 is 1.04 bits per heavy atom. The zero-order valence-corrected chi connectivity index (χ0v) is 18.3. The molecule has 0 unspecified atom stereocenters. The van der Waals surface area contributed by atoms with Gasteiger partial charge in [0.05, 0.1) is 5.69 Å². The topological polar surface area (TPSA) is 12.9 Å². The molecule has 2 aromatic rings. The van der Waals surface area contributed by atoms with Crippen LogP contribution in [-0.2, 0) is 12.8 Å². The fourth-order valence-electron chi connectivity index (χ4n) is 3.20. The van der Waals surface area contributed by atoms with E-state index in [2.05, 4.69) is 88.2 Å². The van der Waals surface area contributed by atoms with Crippen molar-refractivity contribution >= 4 is 11.1 Å². The number of aryl methyl sites for hydroxylation is 2. The highest BCUT2D eigenvalue weighted by molar-refractivity contribution is 5.85. The molecule has 1 heteroatoms. The molecule has 28 heavy (non-hydrogen) atoms. The Morgan fingerprint density at radius 2 is 1.75 bits per heavy atom. The van der Waals surface area contributed by atoms with Crippen LogP contribution in [0.1, 0.15) is 76.3 Å². The maximum atomic E-state index is 4.50. The molecule has 1 aliphatic rings.